The Hall–Kier alpha value is -0.930. The molecule has 0 spiro atoms. The molecule has 0 fully saturated rings. The molecule has 3 heteroatoms. The van der Waals surface area contributed by atoms with E-state index >= 15 is 0 Å². The monoisotopic (exact) mass is 235 g/mol. The van der Waals surface area contributed by atoms with Crippen LogP contribution in [0.3, 0.4) is 0 Å². The van der Waals surface area contributed by atoms with Gasteiger partial charge in [0.15, 0.2) is 0 Å². The van der Waals surface area contributed by atoms with E-state index < -0.39 is 0 Å². The predicted molar refractivity (Wildman–Crippen MR) is 73.1 cm³/mol. The first-order chi connectivity index (χ1) is 8.15. The summed E-state index contributed by atoms with van der Waals surface area (Å²) in [6.45, 7) is 6.26. The number of hydrogen-bond acceptors (Lipinski definition) is 3. The molecule has 0 radical (unpaired) electrons. The molecule has 1 N–H and O–H groups in total. The number of aromatic nitrogens is 1. The molecule has 0 saturated carbocycles. The van der Waals surface area contributed by atoms with Crippen molar-refractivity contribution in [1.29, 1.82) is 0 Å². The van der Waals surface area contributed by atoms with Gasteiger partial charge in [0.25, 0.3) is 0 Å². The molecule has 0 amide bonds. The summed E-state index contributed by atoms with van der Waals surface area (Å²) in [7, 11) is 4.20. The average Bonchev–Trinajstić information content (AvgIpc) is 2.28. The van der Waals surface area contributed by atoms with E-state index in [4.69, 9.17) is 0 Å². The number of hydrogen-bond donors (Lipinski definition) is 1. The Balaban J connectivity index is 2.45. The van der Waals surface area contributed by atoms with E-state index in [1.54, 1.807) is 0 Å². The highest BCUT2D eigenvalue weighted by atomic mass is 15.1. The summed E-state index contributed by atoms with van der Waals surface area (Å²) in [5.74, 6) is 0. The lowest BCUT2D eigenvalue weighted by Crippen LogP contribution is -2.37. The molecule has 17 heavy (non-hydrogen) atoms. The number of likely N-dealkylation sites (N-methyl/N-ethyl adjacent to an activating group) is 2. The molecule has 0 aliphatic heterocycles. The standard InChI is InChI=1S/C14H25N3/c1-5-7-13(15-3)10-17(4)11-14-9-6-8-12(2)16-14/h6,8-9,13,15H,5,7,10-11H2,1-4H3. The molecule has 1 unspecified atom stereocenters. The first kappa shape index (κ1) is 14.1. The summed E-state index contributed by atoms with van der Waals surface area (Å²) in [6.07, 6.45) is 2.45. The number of pyridine rings is 1. The Morgan fingerprint density at radius 3 is 2.76 bits per heavy atom. The van der Waals surface area contributed by atoms with Crippen molar-refractivity contribution in [2.75, 3.05) is 20.6 Å². The van der Waals surface area contributed by atoms with Crippen LogP contribution < -0.4 is 5.32 Å². The molecule has 0 aliphatic rings. The van der Waals surface area contributed by atoms with E-state index in [2.05, 4.69) is 41.3 Å². The van der Waals surface area contributed by atoms with E-state index in [1.165, 1.54) is 12.8 Å². The molecular weight excluding hydrogens is 210 g/mol. The van der Waals surface area contributed by atoms with Gasteiger partial charge < -0.3 is 5.32 Å². The molecule has 1 heterocycles. The maximum Gasteiger partial charge on any atom is 0.0547 e. The Bertz CT molecular complexity index is 325. The Labute approximate surface area is 105 Å². The molecule has 0 aliphatic carbocycles. The normalized spacial score (nSPS) is 13.0. The van der Waals surface area contributed by atoms with E-state index in [0.717, 1.165) is 24.5 Å². The summed E-state index contributed by atoms with van der Waals surface area (Å²) in [5, 5.41) is 3.37. The molecule has 0 bridgehead atoms. The van der Waals surface area contributed by atoms with Gasteiger partial charge in [0.05, 0.1) is 5.69 Å². The number of rotatable bonds is 7. The third kappa shape index (κ3) is 5.29. The zero-order chi connectivity index (χ0) is 12.7. The van der Waals surface area contributed by atoms with E-state index in [-0.39, 0.29) is 0 Å². The van der Waals surface area contributed by atoms with Crippen LogP contribution in [0.15, 0.2) is 18.2 Å². The van der Waals surface area contributed by atoms with Crippen molar-refractivity contribution in [1.82, 2.24) is 15.2 Å². The molecule has 0 saturated heterocycles. The SMILES string of the molecule is CCCC(CN(C)Cc1cccc(C)n1)NC. The highest BCUT2D eigenvalue weighted by Crippen LogP contribution is 2.04. The summed E-state index contributed by atoms with van der Waals surface area (Å²) in [4.78, 5) is 6.86. The third-order valence-corrected chi connectivity index (χ3v) is 2.96. The first-order valence-corrected chi connectivity index (χ1v) is 6.44. The van der Waals surface area contributed by atoms with Gasteiger partial charge in [-0.1, -0.05) is 19.4 Å². The molecule has 96 valence electrons. The van der Waals surface area contributed by atoms with Crippen LogP contribution in [0.2, 0.25) is 0 Å². The average molecular weight is 235 g/mol. The van der Waals surface area contributed by atoms with Crippen LogP contribution in [0.5, 0.6) is 0 Å². The van der Waals surface area contributed by atoms with Gasteiger partial charge in [-0.25, -0.2) is 0 Å². The fourth-order valence-corrected chi connectivity index (χ4v) is 2.08. The molecular formula is C14H25N3. The van der Waals surface area contributed by atoms with Crippen molar-refractivity contribution in [3.05, 3.63) is 29.6 Å². The van der Waals surface area contributed by atoms with Crippen molar-refractivity contribution >= 4 is 0 Å². The van der Waals surface area contributed by atoms with Gasteiger partial charge in [0.1, 0.15) is 0 Å². The van der Waals surface area contributed by atoms with Gasteiger partial charge in [-0.3, -0.25) is 9.88 Å². The van der Waals surface area contributed by atoms with Crippen molar-refractivity contribution in [2.24, 2.45) is 0 Å². The minimum atomic E-state index is 0.579. The minimum Gasteiger partial charge on any atom is -0.316 e. The maximum atomic E-state index is 4.53. The lowest BCUT2D eigenvalue weighted by molar-refractivity contribution is 0.277. The highest BCUT2D eigenvalue weighted by molar-refractivity contribution is 5.09. The molecule has 3 nitrogen and oxygen atoms in total. The number of aryl methyl sites for hydroxylation is 1. The highest BCUT2D eigenvalue weighted by Gasteiger charge is 2.09. The fourth-order valence-electron chi connectivity index (χ4n) is 2.08. The van der Waals surface area contributed by atoms with Crippen molar-refractivity contribution in [3.8, 4) is 0 Å². The third-order valence-electron chi connectivity index (χ3n) is 2.96. The molecule has 1 rings (SSSR count). The smallest absolute Gasteiger partial charge is 0.0547 e. The molecule has 1 aromatic rings. The Kier molecular flexibility index (Phi) is 6.16. The van der Waals surface area contributed by atoms with Gasteiger partial charge in [0.2, 0.25) is 0 Å². The minimum absolute atomic E-state index is 0.579. The summed E-state index contributed by atoms with van der Waals surface area (Å²) in [5.41, 5.74) is 2.24. The van der Waals surface area contributed by atoms with Gasteiger partial charge in [-0.15, -0.1) is 0 Å². The number of nitrogens with one attached hydrogen (secondary N) is 1. The van der Waals surface area contributed by atoms with Crippen LogP contribution in [0.1, 0.15) is 31.2 Å². The van der Waals surface area contributed by atoms with Crippen LogP contribution in [-0.4, -0.2) is 36.6 Å². The van der Waals surface area contributed by atoms with Crippen molar-refractivity contribution in [2.45, 2.75) is 39.3 Å². The lowest BCUT2D eigenvalue weighted by atomic mass is 10.1. The quantitative estimate of drug-likeness (QED) is 0.785. The van der Waals surface area contributed by atoms with E-state index in [0.29, 0.717) is 6.04 Å². The van der Waals surface area contributed by atoms with Gasteiger partial charge in [0, 0.05) is 24.8 Å². The van der Waals surface area contributed by atoms with Crippen LogP contribution in [0, 0.1) is 6.92 Å². The zero-order valence-corrected chi connectivity index (χ0v) is 11.5. The predicted octanol–water partition coefficient (Wildman–Crippen LogP) is 2.21. The first-order valence-electron chi connectivity index (χ1n) is 6.44. The van der Waals surface area contributed by atoms with Gasteiger partial charge >= 0.3 is 0 Å². The molecule has 0 aromatic carbocycles. The number of nitrogens with zero attached hydrogens (tertiary/aromatic N) is 2. The maximum absolute atomic E-state index is 4.53. The zero-order valence-electron chi connectivity index (χ0n) is 11.5. The van der Waals surface area contributed by atoms with Crippen LogP contribution in [0.4, 0.5) is 0 Å². The lowest BCUT2D eigenvalue weighted by Gasteiger charge is -2.23. The Morgan fingerprint density at radius 1 is 1.41 bits per heavy atom. The van der Waals surface area contributed by atoms with Crippen LogP contribution in [-0.2, 0) is 6.54 Å². The van der Waals surface area contributed by atoms with E-state index in [9.17, 15) is 0 Å². The topological polar surface area (TPSA) is 28.2 Å². The summed E-state index contributed by atoms with van der Waals surface area (Å²) >= 11 is 0. The van der Waals surface area contributed by atoms with Gasteiger partial charge in [-0.05, 0) is 39.6 Å². The molecule has 1 atom stereocenters. The second kappa shape index (κ2) is 7.41. The van der Waals surface area contributed by atoms with Crippen LogP contribution in [0.25, 0.3) is 0 Å². The van der Waals surface area contributed by atoms with E-state index in [1.807, 2.05) is 20.0 Å². The fraction of sp³-hybridized carbons (Fsp3) is 0.643. The summed E-state index contributed by atoms with van der Waals surface area (Å²) < 4.78 is 0. The van der Waals surface area contributed by atoms with Crippen LogP contribution >= 0.6 is 0 Å². The molecule has 1 aromatic heterocycles. The van der Waals surface area contributed by atoms with Crippen molar-refractivity contribution in [3.63, 3.8) is 0 Å². The largest absolute Gasteiger partial charge is 0.316 e. The summed E-state index contributed by atoms with van der Waals surface area (Å²) in [6, 6.07) is 6.79. The second-order valence-corrected chi connectivity index (χ2v) is 4.74. The van der Waals surface area contributed by atoms with Gasteiger partial charge in [-0.2, -0.15) is 0 Å². The van der Waals surface area contributed by atoms with Crippen molar-refractivity contribution < 1.29 is 0 Å². The second-order valence-electron chi connectivity index (χ2n) is 4.74. The Morgan fingerprint density at radius 2 is 2.18 bits per heavy atom.